The van der Waals surface area contributed by atoms with Gasteiger partial charge in [-0.25, -0.2) is 15.8 Å². The van der Waals surface area contributed by atoms with Crippen molar-refractivity contribution in [2.45, 2.75) is 32.7 Å². The minimum atomic E-state index is 0.218. The standard InChI is InChI=1S/C13H19N5S/c1-3-5-11-16-12(8-13(17-11)18-14)15-9(2)10-6-4-7-19-10/h4,6-9H,3,5,14H2,1-2H3,(H2,15,16,17,18). The molecule has 0 spiro atoms. The molecular weight excluding hydrogens is 258 g/mol. The van der Waals surface area contributed by atoms with E-state index in [1.54, 1.807) is 11.3 Å². The number of hydrazine groups is 1. The first kappa shape index (κ1) is 13.8. The first-order valence-electron chi connectivity index (χ1n) is 6.37. The monoisotopic (exact) mass is 277 g/mol. The zero-order chi connectivity index (χ0) is 13.7. The lowest BCUT2D eigenvalue weighted by atomic mass is 10.2. The van der Waals surface area contributed by atoms with Gasteiger partial charge < -0.3 is 10.7 Å². The van der Waals surface area contributed by atoms with Crippen molar-refractivity contribution >= 4 is 23.0 Å². The number of anilines is 2. The lowest BCUT2D eigenvalue weighted by Gasteiger charge is -2.14. The zero-order valence-electron chi connectivity index (χ0n) is 11.2. The Morgan fingerprint density at radius 2 is 2.16 bits per heavy atom. The number of aromatic nitrogens is 2. The fourth-order valence-corrected chi connectivity index (χ4v) is 2.55. The molecule has 0 saturated carbocycles. The molecule has 102 valence electrons. The number of nitrogens with zero attached hydrogens (tertiary/aromatic N) is 2. The van der Waals surface area contributed by atoms with Crippen molar-refractivity contribution in [3.63, 3.8) is 0 Å². The van der Waals surface area contributed by atoms with Crippen LogP contribution in [0, 0.1) is 0 Å². The van der Waals surface area contributed by atoms with Crippen LogP contribution in [0.2, 0.25) is 0 Å². The summed E-state index contributed by atoms with van der Waals surface area (Å²) in [6.45, 7) is 4.22. The average molecular weight is 277 g/mol. The second kappa shape index (κ2) is 6.49. The maximum atomic E-state index is 5.44. The van der Waals surface area contributed by atoms with Gasteiger partial charge in [-0.15, -0.1) is 11.3 Å². The summed E-state index contributed by atoms with van der Waals surface area (Å²) in [4.78, 5) is 10.1. The van der Waals surface area contributed by atoms with Crippen LogP contribution in [0.3, 0.4) is 0 Å². The van der Waals surface area contributed by atoms with Crippen LogP contribution in [-0.2, 0) is 6.42 Å². The van der Waals surface area contributed by atoms with Crippen LogP contribution in [0.1, 0.15) is 37.0 Å². The summed E-state index contributed by atoms with van der Waals surface area (Å²) in [5, 5.41) is 5.45. The highest BCUT2D eigenvalue weighted by Crippen LogP contribution is 2.23. The summed E-state index contributed by atoms with van der Waals surface area (Å²) in [6.07, 6.45) is 1.85. The van der Waals surface area contributed by atoms with Crippen molar-refractivity contribution in [3.05, 3.63) is 34.3 Å². The molecule has 0 bridgehead atoms. The maximum Gasteiger partial charge on any atom is 0.145 e. The van der Waals surface area contributed by atoms with Gasteiger partial charge in [0.25, 0.3) is 0 Å². The highest BCUT2D eigenvalue weighted by molar-refractivity contribution is 7.10. The Labute approximate surface area is 117 Å². The number of nitrogens with two attached hydrogens (primary N) is 1. The lowest BCUT2D eigenvalue weighted by molar-refractivity contribution is 0.823. The van der Waals surface area contributed by atoms with E-state index >= 15 is 0 Å². The van der Waals surface area contributed by atoms with Crippen molar-refractivity contribution in [3.8, 4) is 0 Å². The maximum absolute atomic E-state index is 5.44. The van der Waals surface area contributed by atoms with Gasteiger partial charge in [0.1, 0.15) is 17.5 Å². The third-order valence-electron chi connectivity index (χ3n) is 2.73. The smallest absolute Gasteiger partial charge is 0.145 e. The highest BCUT2D eigenvalue weighted by Gasteiger charge is 2.09. The Morgan fingerprint density at radius 3 is 2.79 bits per heavy atom. The van der Waals surface area contributed by atoms with Gasteiger partial charge in [-0.3, -0.25) is 0 Å². The number of nitrogen functional groups attached to an aromatic ring is 1. The molecule has 0 fully saturated rings. The number of hydrogen-bond acceptors (Lipinski definition) is 6. The molecular formula is C13H19N5S. The van der Waals surface area contributed by atoms with Crippen LogP contribution < -0.4 is 16.6 Å². The number of aryl methyl sites for hydroxylation is 1. The van der Waals surface area contributed by atoms with E-state index in [9.17, 15) is 0 Å². The summed E-state index contributed by atoms with van der Waals surface area (Å²) < 4.78 is 0. The Balaban J connectivity index is 2.16. The van der Waals surface area contributed by atoms with Crippen LogP contribution in [0.15, 0.2) is 23.6 Å². The fraction of sp³-hybridized carbons (Fsp3) is 0.385. The van der Waals surface area contributed by atoms with Gasteiger partial charge in [-0.1, -0.05) is 13.0 Å². The quantitative estimate of drug-likeness (QED) is 0.559. The lowest BCUT2D eigenvalue weighted by Crippen LogP contribution is -2.13. The van der Waals surface area contributed by atoms with E-state index in [2.05, 4.69) is 46.0 Å². The molecule has 1 unspecified atom stereocenters. The van der Waals surface area contributed by atoms with Gasteiger partial charge in [-0.05, 0) is 24.8 Å². The molecule has 2 aromatic rings. The predicted octanol–water partition coefficient (Wildman–Crippen LogP) is 2.95. The number of rotatable bonds is 6. The molecule has 0 aliphatic rings. The van der Waals surface area contributed by atoms with E-state index in [0.29, 0.717) is 5.82 Å². The van der Waals surface area contributed by atoms with Crippen molar-refractivity contribution in [2.75, 3.05) is 10.7 Å². The number of nitrogens with one attached hydrogen (secondary N) is 2. The fourth-order valence-electron chi connectivity index (χ4n) is 1.81. The molecule has 0 amide bonds. The molecule has 0 aliphatic carbocycles. The topological polar surface area (TPSA) is 75.9 Å². The molecule has 2 aromatic heterocycles. The Bertz CT molecular complexity index is 512. The molecule has 2 rings (SSSR count). The summed E-state index contributed by atoms with van der Waals surface area (Å²) in [7, 11) is 0. The first-order valence-corrected chi connectivity index (χ1v) is 7.25. The minimum absolute atomic E-state index is 0.218. The van der Waals surface area contributed by atoms with Crippen molar-refractivity contribution < 1.29 is 0 Å². The molecule has 19 heavy (non-hydrogen) atoms. The van der Waals surface area contributed by atoms with Crippen LogP contribution in [0.25, 0.3) is 0 Å². The summed E-state index contributed by atoms with van der Waals surface area (Å²) in [5.74, 6) is 7.68. The van der Waals surface area contributed by atoms with Gasteiger partial charge in [0.2, 0.25) is 0 Å². The van der Waals surface area contributed by atoms with Crippen LogP contribution in [0.5, 0.6) is 0 Å². The SMILES string of the molecule is CCCc1nc(NN)cc(NC(C)c2cccs2)n1. The molecule has 0 aromatic carbocycles. The third-order valence-corrected chi connectivity index (χ3v) is 3.78. The predicted molar refractivity (Wildman–Crippen MR) is 80.2 cm³/mol. The number of thiophene rings is 1. The van der Waals surface area contributed by atoms with Crippen LogP contribution in [0.4, 0.5) is 11.6 Å². The largest absolute Gasteiger partial charge is 0.363 e. The van der Waals surface area contributed by atoms with Gasteiger partial charge in [-0.2, -0.15) is 0 Å². The average Bonchev–Trinajstić information content (AvgIpc) is 2.92. The zero-order valence-corrected chi connectivity index (χ0v) is 12.0. The highest BCUT2D eigenvalue weighted by atomic mass is 32.1. The van der Waals surface area contributed by atoms with Gasteiger partial charge >= 0.3 is 0 Å². The minimum Gasteiger partial charge on any atom is -0.363 e. The molecule has 5 nitrogen and oxygen atoms in total. The molecule has 0 saturated heterocycles. The summed E-state index contributed by atoms with van der Waals surface area (Å²) in [6, 6.07) is 6.20. The first-order chi connectivity index (χ1) is 9.22. The van der Waals surface area contributed by atoms with E-state index in [1.165, 1.54) is 4.88 Å². The number of hydrogen-bond donors (Lipinski definition) is 3. The van der Waals surface area contributed by atoms with Crippen molar-refractivity contribution in [1.29, 1.82) is 0 Å². The van der Waals surface area contributed by atoms with Crippen molar-refractivity contribution in [1.82, 2.24) is 9.97 Å². The van der Waals surface area contributed by atoms with Gasteiger partial charge in [0.15, 0.2) is 0 Å². The van der Waals surface area contributed by atoms with E-state index in [-0.39, 0.29) is 6.04 Å². The second-order valence-corrected chi connectivity index (χ2v) is 5.31. The normalized spacial score (nSPS) is 12.2. The van der Waals surface area contributed by atoms with E-state index in [4.69, 9.17) is 5.84 Å². The summed E-state index contributed by atoms with van der Waals surface area (Å²) in [5.41, 5.74) is 2.59. The van der Waals surface area contributed by atoms with E-state index in [1.807, 2.05) is 12.1 Å². The molecule has 1 atom stereocenters. The molecule has 2 heterocycles. The van der Waals surface area contributed by atoms with E-state index < -0.39 is 0 Å². The Kier molecular flexibility index (Phi) is 4.70. The Morgan fingerprint density at radius 1 is 1.37 bits per heavy atom. The molecule has 6 heteroatoms. The molecule has 0 radical (unpaired) electrons. The second-order valence-electron chi connectivity index (χ2n) is 4.33. The molecule has 4 N–H and O–H groups in total. The van der Waals surface area contributed by atoms with E-state index in [0.717, 1.165) is 24.5 Å². The van der Waals surface area contributed by atoms with Gasteiger partial charge in [0, 0.05) is 17.4 Å². The third kappa shape index (κ3) is 3.65. The van der Waals surface area contributed by atoms with Crippen LogP contribution >= 0.6 is 11.3 Å². The molecule has 0 aliphatic heterocycles. The van der Waals surface area contributed by atoms with Crippen LogP contribution in [-0.4, -0.2) is 9.97 Å². The summed E-state index contributed by atoms with van der Waals surface area (Å²) >= 11 is 1.73. The van der Waals surface area contributed by atoms with Crippen molar-refractivity contribution in [2.24, 2.45) is 5.84 Å². The van der Waals surface area contributed by atoms with Gasteiger partial charge in [0.05, 0.1) is 6.04 Å². The Hall–Kier alpha value is -1.66.